The molecule has 0 aliphatic carbocycles. The molecule has 0 fully saturated rings. The number of rotatable bonds is 3. The lowest BCUT2D eigenvalue weighted by Gasteiger charge is -2.27. The predicted octanol–water partition coefficient (Wildman–Crippen LogP) is 2.96. The third kappa shape index (κ3) is 4.44. The summed E-state index contributed by atoms with van der Waals surface area (Å²) in [6.45, 7) is 5.21. The lowest BCUT2D eigenvalue weighted by atomic mass is 9.87. The maximum absolute atomic E-state index is 11.8. The Morgan fingerprint density at radius 3 is 2.32 bits per heavy atom. The van der Waals surface area contributed by atoms with Gasteiger partial charge in [0.15, 0.2) is 0 Å². The van der Waals surface area contributed by atoms with E-state index in [0.717, 1.165) is 0 Å². The van der Waals surface area contributed by atoms with Crippen molar-refractivity contribution < 1.29 is 14.7 Å². The summed E-state index contributed by atoms with van der Waals surface area (Å²) in [6.07, 6.45) is 0. The number of aliphatic carboxylic acids is 1. The van der Waals surface area contributed by atoms with Gasteiger partial charge in [-0.05, 0) is 17.5 Å². The van der Waals surface area contributed by atoms with Gasteiger partial charge in [0, 0.05) is 0 Å². The molecule has 1 aromatic rings. The number of amides is 2. The average Bonchev–Trinajstić information content (AvgIpc) is 2.27. The van der Waals surface area contributed by atoms with Crippen molar-refractivity contribution in [3.05, 3.63) is 29.3 Å². The second-order valence-corrected chi connectivity index (χ2v) is 5.62. The first kappa shape index (κ1) is 15.3. The second-order valence-electron chi connectivity index (χ2n) is 5.22. The van der Waals surface area contributed by atoms with Crippen molar-refractivity contribution in [1.82, 2.24) is 5.32 Å². The molecule has 104 valence electrons. The van der Waals surface area contributed by atoms with Crippen LogP contribution in [0.3, 0.4) is 0 Å². The van der Waals surface area contributed by atoms with E-state index in [4.69, 9.17) is 16.7 Å². The van der Waals surface area contributed by atoms with Crippen LogP contribution in [0, 0.1) is 5.41 Å². The highest BCUT2D eigenvalue weighted by atomic mass is 35.5. The molecule has 0 bridgehead atoms. The maximum atomic E-state index is 11.8. The number of benzene rings is 1. The molecule has 6 heteroatoms. The standard InChI is InChI=1S/C13H17ClN2O3/c1-13(2,3)10(11(17)18)16-12(19)15-9-7-5-4-6-8(9)14/h4-7,10H,1-3H3,(H,17,18)(H2,15,16,19)/t10-/m0/s1. The topological polar surface area (TPSA) is 78.4 Å². The zero-order valence-electron chi connectivity index (χ0n) is 11.0. The third-order valence-electron chi connectivity index (χ3n) is 2.51. The number of para-hydroxylation sites is 1. The number of anilines is 1. The highest BCUT2D eigenvalue weighted by molar-refractivity contribution is 6.33. The Morgan fingerprint density at radius 2 is 1.84 bits per heavy atom. The maximum Gasteiger partial charge on any atom is 0.326 e. The van der Waals surface area contributed by atoms with E-state index in [9.17, 15) is 9.59 Å². The van der Waals surface area contributed by atoms with E-state index in [1.165, 1.54) is 0 Å². The molecule has 0 spiro atoms. The third-order valence-corrected chi connectivity index (χ3v) is 2.84. The zero-order valence-corrected chi connectivity index (χ0v) is 11.8. The van der Waals surface area contributed by atoms with Crippen LogP contribution in [0.5, 0.6) is 0 Å². The Labute approximate surface area is 117 Å². The predicted molar refractivity (Wildman–Crippen MR) is 74.5 cm³/mol. The van der Waals surface area contributed by atoms with Crippen molar-refractivity contribution >= 4 is 29.3 Å². The molecule has 0 heterocycles. The molecule has 19 heavy (non-hydrogen) atoms. The summed E-state index contributed by atoms with van der Waals surface area (Å²) in [4.78, 5) is 22.9. The van der Waals surface area contributed by atoms with Crippen LogP contribution in [0.15, 0.2) is 24.3 Å². The molecule has 5 nitrogen and oxygen atoms in total. The summed E-state index contributed by atoms with van der Waals surface area (Å²) in [5.74, 6) is -1.08. The molecule has 0 unspecified atom stereocenters. The molecule has 1 aromatic carbocycles. The van der Waals surface area contributed by atoms with Gasteiger partial charge in [0.25, 0.3) is 0 Å². The highest BCUT2D eigenvalue weighted by Crippen LogP contribution is 2.22. The Hall–Kier alpha value is -1.75. The molecule has 1 rings (SSSR count). The molecule has 0 aliphatic heterocycles. The van der Waals surface area contributed by atoms with Crippen molar-refractivity contribution in [3.63, 3.8) is 0 Å². The van der Waals surface area contributed by atoms with E-state index in [1.807, 2.05) is 0 Å². The number of carbonyl (C=O) groups is 2. The molecule has 2 amide bonds. The minimum absolute atomic E-state index is 0.389. The van der Waals surface area contributed by atoms with Crippen molar-refractivity contribution in [3.8, 4) is 0 Å². The summed E-state index contributed by atoms with van der Waals surface area (Å²) in [5.41, 5.74) is -0.163. The summed E-state index contributed by atoms with van der Waals surface area (Å²) in [6, 6.07) is 5.13. The van der Waals surface area contributed by atoms with Crippen LogP contribution in [0.4, 0.5) is 10.5 Å². The van der Waals surface area contributed by atoms with Crippen molar-refractivity contribution in [1.29, 1.82) is 0 Å². The Bertz CT molecular complexity index is 483. The Morgan fingerprint density at radius 1 is 1.26 bits per heavy atom. The van der Waals surface area contributed by atoms with E-state index in [1.54, 1.807) is 45.0 Å². The minimum atomic E-state index is -1.08. The number of nitrogens with one attached hydrogen (secondary N) is 2. The number of carboxylic acids is 1. The van der Waals surface area contributed by atoms with Crippen LogP contribution in [-0.2, 0) is 4.79 Å². The van der Waals surface area contributed by atoms with Gasteiger partial charge in [0.05, 0.1) is 10.7 Å². The van der Waals surface area contributed by atoms with Gasteiger partial charge in [-0.15, -0.1) is 0 Å². The van der Waals surface area contributed by atoms with Crippen molar-refractivity contribution in [2.75, 3.05) is 5.32 Å². The van der Waals surface area contributed by atoms with Crippen LogP contribution < -0.4 is 10.6 Å². The molecule has 0 saturated heterocycles. The van der Waals surface area contributed by atoms with Gasteiger partial charge in [-0.25, -0.2) is 9.59 Å². The van der Waals surface area contributed by atoms with Crippen LogP contribution >= 0.6 is 11.6 Å². The Balaban J connectivity index is 2.75. The van der Waals surface area contributed by atoms with E-state index >= 15 is 0 Å². The fourth-order valence-corrected chi connectivity index (χ4v) is 1.68. The van der Waals surface area contributed by atoms with E-state index < -0.39 is 23.5 Å². The molecule has 0 aliphatic rings. The minimum Gasteiger partial charge on any atom is -0.480 e. The highest BCUT2D eigenvalue weighted by Gasteiger charge is 2.32. The number of carbonyl (C=O) groups excluding carboxylic acids is 1. The Kier molecular flexibility index (Phi) is 4.78. The quantitative estimate of drug-likeness (QED) is 0.798. The fraction of sp³-hybridized carbons (Fsp3) is 0.385. The van der Waals surface area contributed by atoms with Crippen LogP contribution in [0.1, 0.15) is 20.8 Å². The normalized spacial score (nSPS) is 12.6. The van der Waals surface area contributed by atoms with E-state index in [2.05, 4.69) is 10.6 Å². The first-order valence-corrected chi connectivity index (χ1v) is 6.14. The molecule has 1 atom stereocenters. The summed E-state index contributed by atoms with van der Waals surface area (Å²) >= 11 is 5.90. The lowest BCUT2D eigenvalue weighted by molar-refractivity contribution is -0.141. The number of hydrogen-bond donors (Lipinski definition) is 3. The van der Waals surface area contributed by atoms with Crippen LogP contribution in [0.2, 0.25) is 5.02 Å². The largest absolute Gasteiger partial charge is 0.480 e. The average molecular weight is 285 g/mol. The zero-order chi connectivity index (χ0) is 14.6. The van der Waals surface area contributed by atoms with Gasteiger partial charge in [-0.1, -0.05) is 44.5 Å². The SMILES string of the molecule is CC(C)(C)[C@@H](NC(=O)Nc1ccccc1Cl)C(=O)O. The monoisotopic (exact) mass is 284 g/mol. The summed E-state index contributed by atoms with van der Waals surface area (Å²) < 4.78 is 0. The van der Waals surface area contributed by atoms with Crippen LogP contribution in [-0.4, -0.2) is 23.1 Å². The second kappa shape index (κ2) is 5.93. The van der Waals surface area contributed by atoms with Gasteiger partial charge in [-0.2, -0.15) is 0 Å². The van der Waals surface area contributed by atoms with Gasteiger partial charge in [0.1, 0.15) is 6.04 Å². The lowest BCUT2D eigenvalue weighted by Crippen LogP contribution is -2.50. The summed E-state index contributed by atoms with van der Waals surface area (Å²) in [7, 11) is 0. The molecular formula is C13H17ClN2O3. The van der Waals surface area contributed by atoms with Gasteiger partial charge < -0.3 is 15.7 Å². The van der Waals surface area contributed by atoms with Gasteiger partial charge in [-0.3, -0.25) is 0 Å². The van der Waals surface area contributed by atoms with Crippen molar-refractivity contribution in [2.45, 2.75) is 26.8 Å². The van der Waals surface area contributed by atoms with E-state index in [-0.39, 0.29) is 0 Å². The van der Waals surface area contributed by atoms with Gasteiger partial charge in [0.2, 0.25) is 0 Å². The van der Waals surface area contributed by atoms with Crippen LogP contribution in [0.25, 0.3) is 0 Å². The molecule has 0 radical (unpaired) electrons. The number of urea groups is 1. The molecule has 0 aromatic heterocycles. The molecular weight excluding hydrogens is 268 g/mol. The fourth-order valence-electron chi connectivity index (χ4n) is 1.50. The number of hydrogen-bond acceptors (Lipinski definition) is 2. The smallest absolute Gasteiger partial charge is 0.326 e. The first-order valence-electron chi connectivity index (χ1n) is 5.76. The van der Waals surface area contributed by atoms with Gasteiger partial charge >= 0.3 is 12.0 Å². The molecule has 3 N–H and O–H groups in total. The summed E-state index contributed by atoms with van der Waals surface area (Å²) in [5, 5.41) is 14.4. The van der Waals surface area contributed by atoms with E-state index in [0.29, 0.717) is 10.7 Å². The van der Waals surface area contributed by atoms with Crippen molar-refractivity contribution in [2.24, 2.45) is 5.41 Å². The number of carboxylic acid groups (broad SMARTS) is 1. The molecule has 0 saturated carbocycles. The first-order chi connectivity index (χ1) is 8.71. The number of halogens is 1.